The third kappa shape index (κ3) is 18.8. The van der Waals surface area contributed by atoms with Crippen molar-refractivity contribution >= 4 is 30.2 Å². The number of hydrogen-bond donors (Lipinski definition) is 0. The maximum absolute atomic E-state index is 10.9. The van der Waals surface area contributed by atoms with Crippen LogP contribution in [-0.2, 0) is 15.5 Å². The van der Waals surface area contributed by atoms with E-state index in [0.29, 0.717) is 6.61 Å². The highest BCUT2D eigenvalue weighted by atomic mass is 127. The second-order valence-electron chi connectivity index (χ2n) is 8.64. The molecule has 0 saturated carbocycles. The largest absolute Gasteiger partial charge is 0.779 e. The van der Waals surface area contributed by atoms with Crippen LogP contribution in [0.2, 0.25) is 0 Å². The van der Waals surface area contributed by atoms with Crippen LogP contribution in [0.1, 0.15) is 108 Å². The quantitative estimate of drug-likeness (QED) is 0.0935. The lowest BCUT2D eigenvalue weighted by Crippen LogP contribution is -2.03. The van der Waals surface area contributed by atoms with Gasteiger partial charge in [-0.15, -0.1) is 0 Å². The van der Waals surface area contributed by atoms with Gasteiger partial charge in [-0.2, -0.15) is 0 Å². The van der Waals surface area contributed by atoms with E-state index in [1.807, 2.05) is 0 Å². The lowest BCUT2D eigenvalue weighted by Gasteiger charge is -2.17. The molecule has 0 spiro atoms. The molecule has 1 atom stereocenters. The predicted molar refractivity (Wildman–Crippen MR) is 136 cm³/mol. The second-order valence-corrected chi connectivity index (χ2v) is 11.7. The zero-order valence-corrected chi connectivity index (χ0v) is 22.1. The maximum atomic E-state index is 10.9. The number of hydrogen-bond acceptors (Lipinski definition) is 3. The van der Waals surface area contributed by atoms with Crippen LogP contribution < -0.4 is 4.89 Å². The van der Waals surface area contributed by atoms with Gasteiger partial charge in [-0.05, 0) is 59.5 Å². The molecule has 0 heterocycles. The smallest absolute Gasteiger partial charge is 0.131 e. The Morgan fingerprint density at radius 2 is 1.07 bits per heavy atom. The third-order valence-electron chi connectivity index (χ3n) is 5.60. The fourth-order valence-corrected chi connectivity index (χ4v) is 4.61. The molecule has 0 fully saturated rings. The molecule has 1 aromatic rings. The van der Waals surface area contributed by atoms with Crippen molar-refractivity contribution in [3.63, 3.8) is 0 Å². The summed E-state index contributed by atoms with van der Waals surface area (Å²) in [7, 11) is -3.52. The highest BCUT2D eigenvalue weighted by Crippen LogP contribution is 2.31. The van der Waals surface area contributed by atoms with Crippen LogP contribution in [0.25, 0.3) is 0 Å². The first-order chi connectivity index (χ1) is 14.5. The molecule has 1 unspecified atom stereocenters. The Balaban J connectivity index is 1.72. The average molecular weight is 549 g/mol. The zero-order valence-electron chi connectivity index (χ0n) is 19.1. The Bertz CT molecular complexity index is 556. The van der Waals surface area contributed by atoms with Crippen LogP contribution in [0, 0.1) is 3.57 Å². The Hall–Kier alpha value is 0.1000. The average Bonchev–Trinajstić information content (AvgIpc) is 2.70. The van der Waals surface area contributed by atoms with Crippen LogP contribution in [0.15, 0.2) is 24.3 Å². The first-order valence-corrected chi connectivity index (χ1v) is 15.2. The van der Waals surface area contributed by atoms with Gasteiger partial charge >= 0.3 is 0 Å². The summed E-state index contributed by atoms with van der Waals surface area (Å²) in [4.78, 5) is 10.9. The van der Waals surface area contributed by atoms with Crippen LogP contribution >= 0.6 is 30.2 Å². The van der Waals surface area contributed by atoms with E-state index in [2.05, 4.69) is 46.9 Å². The second kappa shape index (κ2) is 18.7. The lowest BCUT2D eigenvalue weighted by atomic mass is 10.0. The summed E-state index contributed by atoms with van der Waals surface area (Å²) in [5.74, 6) is 0. The molecule has 3 nitrogen and oxygen atoms in total. The van der Waals surface area contributed by atoms with E-state index in [1.54, 1.807) is 0 Å². The highest BCUT2D eigenvalue weighted by molar-refractivity contribution is 14.1. The number of benzene rings is 1. The molecule has 1 aromatic carbocycles. The number of rotatable bonds is 20. The summed E-state index contributed by atoms with van der Waals surface area (Å²) in [5.41, 5.74) is 1.48. The van der Waals surface area contributed by atoms with E-state index in [9.17, 15) is 9.46 Å². The van der Waals surface area contributed by atoms with Crippen LogP contribution in [0.4, 0.5) is 0 Å². The molecule has 30 heavy (non-hydrogen) atoms. The van der Waals surface area contributed by atoms with Crippen molar-refractivity contribution in [1.82, 2.24) is 0 Å². The maximum Gasteiger partial charge on any atom is 0.131 e. The molecule has 0 radical (unpaired) electrons. The Labute approximate surface area is 199 Å². The zero-order chi connectivity index (χ0) is 21.9. The minimum atomic E-state index is -3.52. The van der Waals surface area contributed by atoms with E-state index in [1.165, 1.54) is 105 Å². The van der Waals surface area contributed by atoms with Gasteiger partial charge in [0.25, 0.3) is 0 Å². The Morgan fingerprint density at radius 1 is 0.700 bits per heavy atom. The van der Waals surface area contributed by atoms with Crippen LogP contribution in [0.5, 0.6) is 0 Å². The molecule has 0 saturated heterocycles. The van der Waals surface area contributed by atoms with Gasteiger partial charge in [0.05, 0.1) is 6.61 Å². The molecular formula is C25H43IO3P-. The first-order valence-electron chi connectivity index (χ1n) is 12.1. The first kappa shape index (κ1) is 28.1. The summed E-state index contributed by atoms with van der Waals surface area (Å²) >= 11 is 2.36. The molecule has 0 aliphatic carbocycles. The fourth-order valence-electron chi connectivity index (χ4n) is 3.79. The third-order valence-corrected chi connectivity index (χ3v) is 6.97. The van der Waals surface area contributed by atoms with Crippen molar-refractivity contribution in [2.24, 2.45) is 0 Å². The summed E-state index contributed by atoms with van der Waals surface area (Å²) in [6, 6.07) is 8.95. The van der Waals surface area contributed by atoms with Crippen LogP contribution in [0.3, 0.4) is 0 Å². The van der Waals surface area contributed by atoms with E-state index >= 15 is 0 Å². The molecule has 0 amide bonds. The standard InChI is InChI=1S/C25H44IO3P/c1-30(27,28)29-23-17-15-13-11-9-7-5-3-2-4-6-8-10-12-14-16-18-24-19-21-25(26)22-20-24/h19-22H,2-18,23H2,1H3,(H,27,28)/p-1. The van der Waals surface area contributed by atoms with Gasteiger partial charge < -0.3 is 14.0 Å². The van der Waals surface area contributed by atoms with E-state index < -0.39 is 7.60 Å². The van der Waals surface area contributed by atoms with Crippen molar-refractivity contribution < 1.29 is 14.0 Å². The fraction of sp³-hybridized carbons (Fsp3) is 0.760. The van der Waals surface area contributed by atoms with Crippen molar-refractivity contribution in [2.45, 2.75) is 109 Å². The SMILES string of the molecule is CP(=O)([O-])OCCCCCCCCCCCCCCCCCCc1ccc(I)cc1. The number of unbranched alkanes of at least 4 members (excludes halogenated alkanes) is 15. The van der Waals surface area contributed by atoms with Gasteiger partial charge in [0.1, 0.15) is 7.60 Å². The molecule has 0 aliphatic heterocycles. The minimum Gasteiger partial charge on any atom is -0.779 e. The lowest BCUT2D eigenvalue weighted by molar-refractivity contribution is -0.196. The van der Waals surface area contributed by atoms with Crippen molar-refractivity contribution in [3.05, 3.63) is 33.4 Å². The van der Waals surface area contributed by atoms with Gasteiger partial charge in [0.2, 0.25) is 0 Å². The van der Waals surface area contributed by atoms with Gasteiger partial charge in [0.15, 0.2) is 0 Å². The summed E-state index contributed by atoms with van der Waals surface area (Å²) in [5, 5.41) is 0. The van der Waals surface area contributed by atoms with E-state index in [4.69, 9.17) is 4.52 Å². The minimum absolute atomic E-state index is 0.352. The topological polar surface area (TPSA) is 49.4 Å². The normalized spacial score (nSPS) is 13.4. The number of aryl methyl sites for hydroxylation is 1. The molecule has 0 N–H and O–H groups in total. The van der Waals surface area contributed by atoms with Gasteiger partial charge in [-0.3, -0.25) is 0 Å². The Morgan fingerprint density at radius 3 is 1.47 bits per heavy atom. The molecular weight excluding hydrogens is 506 g/mol. The monoisotopic (exact) mass is 549 g/mol. The highest BCUT2D eigenvalue weighted by Gasteiger charge is 1.99. The van der Waals surface area contributed by atoms with Crippen molar-refractivity contribution in [1.29, 1.82) is 0 Å². The molecule has 174 valence electrons. The van der Waals surface area contributed by atoms with Gasteiger partial charge in [0, 0.05) is 10.2 Å². The van der Waals surface area contributed by atoms with Gasteiger partial charge in [-0.25, -0.2) is 0 Å². The Kier molecular flexibility index (Phi) is 17.5. The van der Waals surface area contributed by atoms with E-state index in [0.717, 1.165) is 19.5 Å². The molecule has 1 rings (SSSR count). The molecule has 0 aromatic heterocycles. The molecule has 0 aliphatic rings. The predicted octanol–water partition coefficient (Wildman–Crippen LogP) is 8.28. The summed E-state index contributed by atoms with van der Waals surface area (Å²) in [6.07, 6.45) is 22.2. The number of halogens is 1. The van der Waals surface area contributed by atoms with Crippen molar-refractivity contribution in [2.75, 3.05) is 13.3 Å². The summed E-state index contributed by atoms with van der Waals surface area (Å²) in [6.45, 7) is 1.49. The molecule has 5 heteroatoms. The van der Waals surface area contributed by atoms with Crippen molar-refractivity contribution in [3.8, 4) is 0 Å². The van der Waals surface area contributed by atoms with E-state index in [-0.39, 0.29) is 0 Å². The van der Waals surface area contributed by atoms with Crippen LogP contribution in [-0.4, -0.2) is 13.3 Å². The summed E-state index contributed by atoms with van der Waals surface area (Å²) < 4.78 is 17.0. The molecule has 0 bridgehead atoms. The van der Waals surface area contributed by atoms with Gasteiger partial charge in [-0.1, -0.05) is 102 Å².